The van der Waals surface area contributed by atoms with Crippen molar-refractivity contribution in [3.05, 3.63) is 29.3 Å². The van der Waals surface area contributed by atoms with Gasteiger partial charge in [0.1, 0.15) is 12.4 Å². The molecule has 0 aromatic heterocycles. The highest BCUT2D eigenvalue weighted by molar-refractivity contribution is 5.88. The standard InChI is InChI=1S/C22H28O3/c1-22-11-10-18-17-9-7-16(25-15-4-2-3-5-15)12-14(17)6-8-19(18)21(22)24-13-20(22)23/h7,9,12,15,18-19,21H,2-6,8,10-11,13H2,1H3/t18-,19-,21+,22-/m1/s1. The molecule has 1 saturated heterocycles. The minimum atomic E-state index is -0.232. The van der Waals surface area contributed by atoms with Crippen LogP contribution in [0, 0.1) is 11.3 Å². The molecule has 5 rings (SSSR count). The summed E-state index contributed by atoms with van der Waals surface area (Å²) in [6, 6.07) is 6.77. The zero-order valence-electron chi connectivity index (χ0n) is 15.1. The summed E-state index contributed by atoms with van der Waals surface area (Å²) >= 11 is 0. The van der Waals surface area contributed by atoms with Gasteiger partial charge in [-0.25, -0.2) is 0 Å². The summed E-state index contributed by atoms with van der Waals surface area (Å²) in [7, 11) is 0. The topological polar surface area (TPSA) is 35.5 Å². The summed E-state index contributed by atoms with van der Waals surface area (Å²) in [5.41, 5.74) is 2.72. The van der Waals surface area contributed by atoms with Crippen molar-refractivity contribution in [2.24, 2.45) is 11.3 Å². The van der Waals surface area contributed by atoms with Crippen LogP contribution in [0.25, 0.3) is 0 Å². The van der Waals surface area contributed by atoms with E-state index >= 15 is 0 Å². The van der Waals surface area contributed by atoms with Gasteiger partial charge in [-0.3, -0.25) is 4.79 Å². The van der Waals surface area contributed by atoms with E-state index in [4.69, 9.17) is 9.47 Å². The Morgan fingerprint density at radius 3 is 2.84 bits per heavy atom. The van der Waals surface area contributed by atoms with Crippen molar-refractivity contribution in [3.8, 4) is 5.75 Å². The van der Waals surface area contributed by atoms with E-state index in [0.29, 0.717) is 30.3 Å². The number of hydrogen-bond acceptors (Lipinski definition) is 3. The molecule has 3 aliphatic carbocycles. The van der Waals surface area contributed by atoms with E-state index in [0.717, 1.165) is 31.4 Å². The highest BCUT2D eigenvalue weighted by Gasteiger charge is 2.56. The van der Waals surface area contributed by atoms with E-state index in [2.05, 4.69) is 25.1 Å². The first-order chi connectivity index (χ1) is 12.1. The van der Waals surface area contributed by atoms with Gasteiger partial charge in [0.2, 0.25) is 0 Å². The minimum absolute atomic E-state index is 0.126. The first-order valence-corrected chi connectivity index (χ1v) is 10.1. The molecule has 0 amide bonds. The van der Waals surface area contributed by atoms with Crippen LogP contribution in [0.4, 0.5) is 0 Å². The Bertz CT molecular complexity index is 691. The van der Waals surface area contributed by atoms with Crippen molar-refractivity contribution >= 4 is 5.78 Å². The number of Topliss-reactive ketones (excluding diaryl/α,β-unsaturated/α-hetero) is 1. The molecule has 1 aromatic carbocycles. The van der Waals surface area contributed by atoms with Gasteiger partial charge in [-0.05, 0) is 86.5 Å². The first-order valence-electron chi connectivity index (χ1n) is 10.1. The maximum Gasteiger partial charge on any atom is 0.166 e. The smallest absolute Gasteiger partial charge is 0.166 e. The third-order valence-corrected chi connectivity index (χ3v) is 7.41. The van der Waals surface area contributed by atoms with Crippen LogP contribution in [-0.4, -0.2) is 24.6 Å². The van der Waals surface area contributed by atoms with Gasteiger partial charge in [-0.15, -0.1) is 0 Å². The number of carbonyl (C=O) groups is 1. The van der Waals surface area contributed by atoms with Gasteiger partial charge in [0.05, 0.1) is 17.6 Å². The summed E-state index contributed by atoms with van der Waals surface area (Å²) in [6.07, 6.45) is 9.86. The summed E-state index contributed by atoms with van der Waals surface area (Å²) in [4.78, 5) is 12.3. The lowest BCUT2D eigenvalue weighted by atomic mass is 9.58. The highest BCUT2D eigenvalue weighted by atomic mass is 16.5. The largest absolute Gasteiger partial charge is 0.490 e. The van der Waals surface area contributed by atoms with Gasteiger partial charge in [-0.1, -0.05) is 13.0 Å². The number of carbonyl (C=O) groups excluding carboxylic acids is 1. The van der Waals surface area contributed by atoms with Crippen LogP contribution < -0.4 is 4.74 Å². The number of benzene rings is 1. The zero-order valence-corrected chi connectivity index (χ0v) is 15.1. The Kier molecular flexibility index (Phi) is 3.70. The van der Waals surface area contributed by atoms with Gasteiger partial charge in [0, 0.05) is 0 Å². The Morgan fingerprint density at radius 1 is 1.16 bits per heavy atom. The molecule has 1 heterocycles. The second-order valence-corrected chi connectivity index (χ2v) is 8.80. The average Bonchev–Trinajstić information content (AvgIpc) is 3.23. The van der Waals surface area contributed by atoms with Gasteiger partial charge < -0.3 is 9.47 Å². The number of fused-ring (bicyclic) bond motifs is 5. The average molecular weight is 340 g/mol. The van der Waals surface area contributed by atoms with Gasteiger partial charge in [-0.2, -0.15) is 0 Å². The Labute approximate surface area is 150 Å². The summed E-state index contributed by atoms with van der Waals surface area (Å²) < 4.78 is 12.2. The number of hydrogen-bond donors (Lipinski definition) is 0. The fourth-order valence-electron chi connectivity index (χ4n) is 5.92. The maximum atomic E-state index is 12.3. The van der Waals surface area contributed by atoms with Crippen LogP contribution in [0.3, 0.4) is 0 Å². The Balaban J connectivity index is 1.39. The highest BCUT2D eigenvalue weighted by Crippen LogP contribution is 2.55. The van der Waals surface area contributed by atoms with Crippen LogP contribution in [0.15, 0.2) is 18.2 Å². The molecule has 0 spiro atoms. The summed E-state index contributed by atoms with van der Waals surface area (Å²) in [5, 5.41) is 0. The monoisotopic (exact) mass is 340 g/mol. The molecular weight excluding hydrogens is 312 g/mol. The minimum Gasteiger partial charge on any atom is -0.490 e. The second-order valence-electron chi connectivity index (χ2n) is 8.80. The molecule has 4 atom stereocenters. The lowest BCUT2D eigenvalue weighted by molar-refractivity contribution is -0.126. The van der Waals surface area contributed by atoms with E-state index in [1.165, 1.54) is 36.8 Å². The second kappa shape index (κ2) is 5.84. The number of rotatable bonds is 2. The predicted molar refractivity (Wildman–Crippen MR) is 96.0 cm³/mol. The molecule has 4 aliphatic rings. The number of ketones is 1. The van der Waals surface area contributed by atoms with Crippen LogP contribution >= 0.6 is 0 Å². The molecule has 3 heteroatoms. The SMILES string of the molecule is C[C@]12CC[C@@H]3c4ccc(OC5CCCC5)cc4CC[C@H]3[C@@H]1OCC2=O. The fraction of sp³-hybridized carbons (Fsp3) is 0.682. The summed E-state index contributed by atoms with van der Waals surface area (Å²) in [6.45, 7) is 2.46. The normalized spacial score (nSPS) is 37.5. The molecule has 0 unspecified atom stereocenters. The molecule has 25 heavy (non-hydrogen) atoms. The fourth-order valence-corrected chi connectivity index (χ4v) is 5.92. The van der Waals surface area contributed by atoms with Crippen molar-refractivity contribution in [1.29, 1.82) is 0 Å². The quantitative estimate of drug-likeness (QED) is 0.799. The van der Waals surface area contributed by atoms with Crippen molar-refractivity contribution < 1.29 is 14.3 Å². The zero-order chi connectivity index (χ0) is 17.0. The van der Waals surface area contributed by atoms with E-state index < -0.39 is 0 Å². The summed E-state index contributed by atoms with van der Waals surface area (Å²) in [5.74, 6) is 2.42. The Morgan fingerprint density at radius 2 is 2.00 bits per heavy atom. The number of aryl methyl sites for hydroxylation is 1. The van der Waals surface area contributed by atoms with Crippen LogP contribution in [0.5, 0.6) is 5.75 Å². The number of ether oxygens (including phenoxy) is 2. The van der Waals surface area contributed by atoms with Gasteiger partial charge in [0.15, 0.2) is 5.78 Å². The van der Waals surface area contributed by atoms with Crippen LogP contribution in [-0.2, 0) is 16.0 Å². The predicted octanol–water partition coefficient (Wildman–Crippen LogP) is 4.42. The molecular formula is C22H28O3. The molecule has 2 saturated carbocycles. The molecule has 3 nitrogen and oxygen atoms in total. The molecule has 134 valence electrons. The molecule has 0 N–H and O–H groups in total. The van der Waals surface area contributed by atoms with Crippen molar-refractivity contribution in [2.75, 3.05) is 6.61 Å². The van der Waals surface area contributed by atoms with Crippen molar-refractivity contribution in [2.45, 2.75) is 76.4 Å². The molecule has 1 aliphatic heterocycles. The van der Waals surface area contributed by atoms with Gasteiger partial charge in [0.25, 0.3) is 0 Å². The third kappa shape index (κ3) is 2.46. The maximum absolute atomic E-state index is 12.3. The Hall–Kier alpha value is -1.35. The van der Waals surface area contributed by atoms with E-state index in [1.807, 2.05) is 0 Å². The lowest BCUT2D eigenvalue weighted by Crippen LogP contribution is -2.46. The van der Waals surface area contributed by atoms with E-state index in [1.54, 1.807) is 0 Å². The van der Waals surface area contributed by atoms with Crippen LogP contribution in [0.1, 0.15) is 68.9 Å². The van der Waals surface area contributed by atoms with E-state index in [9.17, 15) is 4.79 Å². The molecule has 0 bridgehead atoms. The molecule has 1 aromatic rings. The first kappa shape index (κ1) is 15.9. The molecule has 0 radical (unpaired) electrons. The van der Waals surface area contributed by atoms with Crippen LogP contribution in [0.2, 0.25) is 0 Å². The van der Waals surface area contributed by atoms with Crippen molar-refractivity contribution in [3.63, 3.8) is 0 Å². The third-order valence-electron chi connectivity index (χ3n) is 7.41. The molecule has 3 fully saturated rings. The van der Waals surface area contributed by atoms with Crippen molar-refractivity contribution in [1.82, 2.24) is 0 Å². The lowest BCUT2D eigenvalue weighted by Gasteiger charge is -2.47. The van der Waals surface area contributed by atoms with Gasteiger partial charge >= 0.3 is 0 Å². The van der Waals surface area contributed by atoms with E-state index in [-0.39, 0.29) is 11.5 Å².